The van der Waals surface area contributed by atoms with E-state index in [9.17, 15) is 13.2 Å². The Kier molecular flexibility index (Phi) is 6.51. The lowest BCUT2D eigenvalue weighted by Gasteiger charge is -2.09. The predicted octanol–water partition coefficient (Wildman–Crippen LogP) is 1.91. The van der Waals surface area contributed by atoms with Crippen molar-refractivity contribution in [3.63, 3.8) is 0 Å². The standard InChI is InChI=1S/C16H21N3O4S2/c1-3-23-12-6-4-11(5-7-12)14-10-24-16(18-14)19-15(20)13(17)8-9-25(2,21)22/h4-7,10,13H,3,8-9,17H2,1-2H3,(H,18,19,20). The first-order chi connectivity index (χ1) is 11.8. The number of nitrogens with one attached hydrogen (secondary N) is 1. The number of nitrogens with zero attached hydrogens (tertiary/aromatic N) is 1. The van der Waals surface area contributed by atoms with Crippen molar-refractivity contribution in [1.82, 2.24) is 4.98 Å². The predicted molar refractivity (Wildman–Crippen MR) is 99.7 cm³/mol. The lowest BCUT2D eigenvalue weighted by atomic mass is 10.2. The number of anilines is 1. The van der Waals surface area contributed by atoms with Gasteiger partial charge in [-0.2, -0.15) is 0 Å². The second kappa shape index (κ2) is 8.41. The van der Waals surface area contributed by atoms with Gasteiger partial charge in [0.1, 0.15) is 15.6 Å². The first kappa shape index (κ1) is 19.4. The van der Waals surface area contributed by atoms with Crippen molar-refractivity contribution in [1.29, 1.82) is 0 Å². The molecule has 0 radical (unpaired) electrons. The van der Waals surface area contributed by atoms with Crippen LogP contribution in [0.3, 0.4) is 0 Å². The van der Waals surface area contributed by atoms with Gasteiger partial charge in [0, 0.05) is 17.2 Å². The van der Waals surface area contributed by atoms with Crippen LogP contribution in [0.15, 0.2) is 29.6 Å². The maximum Gasteiger partial charge on any atom is 0.243 e. The number of benzene rings is 1. The van der Waals surface area contributed by atoms with Gasteiger partial charge in [0.25, 0.3) is 0 Å². The van der Waals surface area contributed by atoms with Crippen LogP contribution in [0, 0.1) is 0 Å². The lowest BCUT2D eigenvalue weighted by molar-refractivity contribution is -0.117. The Bertz CT molecular complexity index is 816. The Balaban J connectivity index is 1.97. The highest BCUT2D eigenvalue weighted by molar-refractivity contribution is 7.90. The van der Waals surface area contributed by atoms with Gasteiger partial charge in [-0.15, -0.1) is 11.3 Å². The summed E-state index contributed by atoms with van der Waals surface area (Å²) in [7, 11) is -3.15. The van der Waals surface area contributed by atoms with Crippen LogP contribution < -0.4 is 15.8 Å². The van der Waals surface area contributed by atoms with Crippen LogP contribution >= 0.6 is 11.3 Å². The molecule has 136 valence electrons. The molecule has 1 amide bonds. The highest BCUT2D eigenvalue weighted by Gasteiger charge is 2.17. The first-order valence-corrected chi connectivity index (χ1v) is 10.7. The molecule has 0 aliphatic rings. The fourth-order valence-corrected chi connectivity index (χ4v) is 3.43. The Morgan fingerprint density at radius 2 is 2.04 bits per heavy atom. The molecule has 0 fully saturated rings. The van der Waals surface area contributed by atoms with Crippen LogP contribution in [-0.4, -0.2) is 44.0 Å². The van der Waals surface area contributed by atoms with E-state index in [2.05, 4.69) is 10.3 Å². The zero-order chi connectivity index (χ0) is 18.4. The quantitative estimate of drug-likeness (QED) is 0.720. The molecule has 1 heterocycles. The summed E-state index contributed by atoms with van der Waals surface area (Å²) in [6, 6.07) is 6.61. The van der Waals surface area contributed by atoms with Gasteiger partial charge in [-0.3, -0.25) is 4.79 Å². The van der Waals surface area contributed by atoms with Crippen molar-refractivity contribution < 1.29 is 17.9 Å². The van der Waals surface area contributed by atoms with E-state index >= 15 is 0 Å². The van der Waals surface area contributed by atoms with Crippen molar-refractivity contribution in [2.75, 3.05) is 23.9 Å². The zero-order valence-electron chi connectivity index (χ0n) is 14.1. The summed E-state index contributed by atoms with van der Waals surface area (Å²) in [5, 5.41) is 4.87. The second-order valence-electron chi connectivity index (χ2n) is 5.51. The normalized spacial score (nSPS) is 12.6. The fraction of sp³-hybridized carbons (Fsp3) is 0.375. The van der Waals surface area contributed by atoms with E-state index in [0.29, 0.717) is 11.7 Å². The maximum absolute atomic E-state index is 12.0. The molecule has 2 aromatic rings. The van der Waals surface area contributed by atoms with E-state index in [1.807, 2.05) is 36.6 Å². The van der Waals surface area contributed by atoms with E-state index in [4.69, 9.17) is 10.5 Å². The zero-order valence-corrected chi connectivity index (χ0v) is 15.7. The molecular formula is C16H21N3O4S2. The molecular weight excluding hydrogens is 362 g/mol. The number of amides is 1. The van der Waals surface area contributed by atoms with Crippen LogP contribution in [0.25, 0.3) is 11.3 Å². The van der Waals surface area contributed by atoms with Crippen LogP contribution in [0.2, 0.25) is 0 Å². The van der Waals surface area contributed by atoms with Gasteiger partial charge in [-0.25, -0.2) is 13.4 Å². The van der Waals surface area contributed by atoms with E-state index in [0.717, 1.165) is 23.3 Å². The molecule has 25 heavy (non-hydrogen) atoms. The van der Waals surface area contributed by atoms with Gasteiger partial charge in [-0.05, 0) is 37.6 Å². The number of carbonyl (C=O) groups excluding carboxylic acids is 1. The number of sulfone groups is 1. The Hall–Kier alpha value is -1.97. The molecule has 1 atom stereocenters. The molecule has 9 heteroatoms. The monoisotopic (exact) mass is 383 g/mol. The van der Waals surface area contributed by atoms with Crippen molar-refractivity contribution in [3.05, 3.63) is 29.6 Å². The smallest absolute Gasteiger partial charge is 0.243 e. The fourth-order valence-electron chi connectivity index (χ4n) is 2.02. The summed E-state index contributed by atoms with van der Waals surface area (Å²) < 4.78 is 27.7. The third kappa shape index (κ3) is 6.11. The Morgan fingerprint density at radius 1 is 1.36 bits per heavy atom. The molecule has 0 saturated heterocycles. The highest BCUT2D eigenvalue weighted by atomic mass is 32.2. The molecule has 0 aliphatic heterocycles. The minimum absolute atomic E-state index is 0.0712. The molecule has 1 unspecified atom stereocenters. The molecule has 3 N–H and O–H groups in total. The molecule has 0 spiro atoms. The summed E-state index contributed by atoms with van der Waals surface area (Å²) >= 11 is 1.28. The van der Waals surface area contributed by atoms with Crippen molar-refractivity contribution in [2.24, 2.45) is 5.73 Å². The van der Waals surface area contributed by atoms with Crippen LogP contribution in [0.5, 0.6) is 5.75 Å². The van der Waals surface area contributed by atoms with Crippen LogP contribution in [0.1, 0.15) is 13.3 Å². The molecule has 0 bridgehead atoms. The first-order valence-electron chi connectivity index (χ1n) is 7.71. The molecule has 0 aliphatic carbocycles. The molecule has 7 nitrogen and oxygen atoms in total. The number of ether oxygens (including phenoxy) is 1. The number of thiazole rings is 1. The van der Waals surface area contributed by atoms with Gasteiger partial charge in [-0.1, -0.05) is 0 Å². The summed E-state index contributed by atoms with van der Waals surface area (Å²) in [5.41, 5.74) is 7.36. The van der Waals surface area contributed by atoms with Gasteiger partial charge in [0.15, 0.2) is 5.13 Å². The van der Waals surface area contributed by atoms with Gasteiger partial charge < -0.3 is 15.8 Å². The summed E-state index contributed by atoms with van der Waals surface area (Å²) in [4.78, 5) is 16.4. The van der Waals surface area contributed by atoms with Crippen LogP contribution in [-0.2, 0) is 14.6 Å². The summed E-state index contributed by atoms with van der Waals surface area (Å²) in [5.74, 6) is 0.208. The van der Waals surface area contributed by atoms with E-state index in [1.165, 1.54) is 11.3 Å². The largest absolute Gasteiger partial charge is 0.494 e. The number of nitrogens with two attached hydrogens (primary N) is 1. The second-order valence-corrected chi connectivity index (χ2v) is 8.63. The molecule has 1 aromatic carbocycles. The van der Waals surface area contributed by atoms with E-state index in [1.54, 1.807) is 0 Å². The van der Waals surface area contributed by atoms with Crippen LogP contribution in [0.4, 0.5) is 5.13 Å². The average Bonchev–Trinajstić information content (AvgIpc) is 3.01. The SMILES string of the molecule is CCOc1ccc(-c2csc(NC(=O)C(N)CCS(C)(=O)=O)n2)cc1. The maximum atomic E-state index is 12.0. The number of rotatable bonds is 8. The number of carbonyl (C=O) groups is 1. The minimum Gasteiger partial charge on any atom is -0.494 e. The number of hydrogen-bond donors (Lipinski definition) is 2. The molecule has 1 aromatic heterocycles. The summed E-state index contributed by atoms with van der Waals surface area (Å²) in [6.07, 6.45) is 1.18. The van der Waals surface area contributed by atoms with Gasteiger partial charge >= 0.3 is 0 Å². The highest BCUT2D eigenvalue weighted by Crippen LogP contribution is 2.26. The summed E-state index contributed by atoms with van der Waals surface area (Å²) in [6.45, 7) is 2.52. The molecule has 2 rings (SSSR count). The third-order valence-corrected chi connectivity index (χ3v) is 5.07. The number of aromatic nitrogens is 1. The number of hydrogen-bond acceptors (Lipinski definition) is 7. The minimum atomic E-state index is -3.15. The van der Waals surface area contributed by atoms with Gasteiger partial charge in [0.2, 0.25) is 5.91 Å². The Morgan fingerprint density at radius 3 is 2.64 bits per heavy atom. The third-order valence-electron chi connectivity index (χ3n) is 3.33. The Labute approximate surface area is 151 Å². The van der Waals surface area contributed by atoms with Crippen molar-refractivity contribution in [2.45, 2.75) is 19.4 Å². The molecule has 0 saturated carbocycles. The average molecular weight is 383 g/mol. The van der Waals surface area contributed by atoms with Crippen molar-refractivity contribution in [3.8, 4) is 17.0 Å². The lowest BCUT2D eigenvalue weighted by Crippen LogP contribution is -2.37. The van der Waals surface area contributed by atoms with Crippen molar-refractivity contribution >= 4 is 32.2 Å². The topological polar surface area (TPSA) is 111 Å². The van der Waals surface area contributed by atoms with Gasteiger partial charge in [0.05, 0.1) is 24.1 Å². The van der Waals surface area contributed by atoms with E-state index in [-0.39, 0.29) is 12.2 Å². The van der Waals surface area contributed by atoms with E-state index < -0.39 is 21.8 Å².